The second-order valence-electron chi connectivity index (χ2n) is 5.28. The van der Waals surface area contributed by atoms with Crippen molar-refractivity contribution in [3.63, 3.8) is 0 Å². The van der Waals surface area contributed by atoms with Gasteiger partial charge in [0.2, 0.25) is 0 Å². The lowest BCUT2D eigenvalue weighted by Gasteiger charge is -2.11. The topological polar surface area (TPSA) is 17.8 Å². The van der Waals surface area contributed by atoms with Crippen molar-refractivity contribution in [3.8, 4) is 22.5 Å². The molecule has 0 aliphatic carbocycles. The van der Waals surface area contributed by atoms with Gasteiger partial charge in [-0.05, 0) is 13.3 Å². The van der Waals surface area contributed by atoms with E-state index < -0.39 is 0 Å². The van der Waals surface area contributed by atoms with Gasteiger partial charge in [-0.3, -0.25) is 0 Å². The summed E-state index contributed by atoms with van der Waals surface area (Å²) in [5, 5.41) is 1.000. The summed E-state index contributed by atoms with van der Waals surface area (Å²) in [5.41, 5.74) is 4.67. The highest BCUT2D eigenvalue weighted by molar-refractivity contribution is 9.09. The van der Waals surface area contributed by atoms with E-state index in [0.29, 0.717) is 0 Å². The van der Waals surface area contributed by atoms with Crippen LogP contribution < -0.4 is 0 Å². The van der Waals surface area contributed by atoms with Crippen molar-refractivity contribution in [1.82, 2.24) is 9.55 Å². The third-order valence-corrected chi connectivity index (χ3v) is 4.33. The number of rotatable bonds is 5. The molecule has 0 saturated heterocycles. The van der Waals surface area contributed by atoms with Crippen molar-refractivity contribution < 1.29 is 0 Å². The Hall–Kier alpha value is -1.87. The summed E-state index contributed by atoms with van der Waals surface area (Å²) < 4.78 is 2.33. The van der Waals surface area contributed by atoms with Crippen LogP contribution in [0.3, 0.4) is 0 Å². The van der Waals surface area contributed by atoms with Gasteiger partial charge in [-0.1, -0.05) is 76.6 Å². The molecule has 1 aromatic heterocycles. The number of hydrogen-bond acceptors (Lipinski definition) is 1. The van der Waals surface area contributed by atoms with Gasteiger partial charge in [-0.25, -0.2) is 4.98 Å². The molecule has 0 amide bonds. The Balaban J connectivity index is 2.18. The Bertz CT molecular complexity index is 733. The highest BCUT2D eigenvalue weighted by atomic mass is 79.9. The van der Waals surface area contributed by atoms with E-state index in [0.717, 1.165) is 29.8 Å². The van der Waals surface area contributed by atoms with E-state index in [1.54, 1.807) is 0 Å². The average Bonchev–Trinajstić information content (AvgIpc) is 2.91. The van der Waals surface area contributed by atoms with Gasteiger partial charge in [0, 0.05) is 23.0 Å². The van der Waals surface area contributed by atoms with Gasteiger partial charge in [-0.15, -0.1) is 0 Å². The zero-order valence-electron chi connectivity index (χ0n) is 12.7. The van der Waals surface area contributed by atoms with E-state index in [9.17, 15) is 0 Å². The molecular formula is C19H19BrN2. The summed E-state index contributed by atoms with van der Waals surface area (Å²) in [7, 11) is 0. The van der Waals surface area contributed by atoms with E-state index in [-0.39, 0.29) is 0 Å². The maximum absolute atomic E-state index is 4.86. The monoisotopic (exact) mass is 354 g/mol. The van der Waals surface area contributed by atoms with Crippen LogP contribution in [0.15, 0.2) is 60.7 Å². The zero-order chi connectivity index (χ0) is 15.4. The van der Waals surface area contributed by atoms with Crippen molar-refractivity contribution in [2.24, 2.45) is 0 Å². The molecular weight excluding hydrogens is 336 g/mol. The third kappa shape index (κ3) is 3.00. The fourth-order valence-electron chi connectivity index (χ4n) is 2.74. The molecule has 3 heteroatoms. The van der Waals surface area contributed by atoms with Crippen LogP contribution in [0.4, 0.5) is 0 Å². The van der Waals surface area contributed by atoms with Crippen molar-refractivity contribution in [2.75, 3.05) is 5.33 Å². The molecule has 3 aromatic rings. The molecule has 0 atom stereocenters. The third-order valence-electron chi connectivity index (χ3n) is 3.77. The Labute approximate surface area is 140 Å². The lowest BCUT2D eigenvalue weighted by atomic mass is 10.0. The Morgan fingerprint density at radius 1 is 0.909 bits per heavy atom. The summed E-state index contributed by atoms with van der Waals surface area (Å²) in [6.07, 6.45) is 1.09. The molecule has 3 rings (SSSR count). The summed E-state index contributed by atoms with van der Waals surface area (Å²) >= 11 is 3.53. The van der Waals surface area contributed by atoms with Crippen molar-refractivity contribution >= 4 is 15.9 Å². The number of alkyl halides is 1. The molecule has 2 nitrogen and oxygen atoms in total. The minimum atomic E-state index is 0.973. The minimum Gasteiger partial charge on any atom is -0.328 e. The number of halogens is 1. The second-order valence-corrected chi connectivity index (χ2v) is 6.08. The van der Waals surface area contributed by atoms with Gasteiger partial charge in [0.15, 0.2) is 0 Å². The average molecular weight is 355 g/mol. The Kier molecular flexibility index (Phi) is 4.74. The van der Waals surface area contributed by atoms with Gasteiger partial charge < -0.3 is 4.57 Å². The first-order valence-electron chi connectivity index (χ1n) is 7.55. The van der Waals surface area contributed by atoms with Crippen LogP contribution in [0.1, 0.15) is 12.2 Å². The number of hydrogen-bond donors (Lipinski definition) is 0. The SMILES string of the molecule is Cc1nc(-c2ccccc2)c(-c2ccccc2)n1CCCBr. The Morgan fingerprint density at radius 2 is 1.50 bits per heavy atom. The van der Waals surface area contributed by atoms with Crippen LogP contribution in [0, 0.1) is 6.92 Å². The van der Waals surface area contributed by atoms with Crippen molar-refractivity contribution in [2.45, 2.75) is 19.9 Å². The Morgan fingerprint density at radius 3 is 2.09 bits per heavy atom. The van der Waals surface area contributed by atoms with Crippen LogP contribution in [0.25, 0.3) is 22.5 Å². The standard InChI is InChI=1S/C19H19BrN2/c1-15-21-18(16-9-4-2-5-10-16)19(22(15)14-8-13-20)17-11-6-3-7-12-17/h2-7,9-12H,8,13-14H2,1H3. The van der Waals surface area contributed by atoms with Gasteiger partial charge >= 0.3 is 0 Å². The predicted molar refractivity (Wildman–Crippen MR) is 96.2 cm³/mol. The quantitative estimate of drug-likeness (QED) is 0.567. The first kappa shape index (κ1) is 15.0. The van der Waals surface area contributed by atoms with E-state index in [1.807, 2.05) is 6.07 Å². The maximum atomic E-state index is 4.86. The number of benzene rings is 2. The number of imidazole rings is 1. The summed E-state index contributed by atoms with van der Waals surface area (Å²) in [6.45, 7) is 3.06. The molecule has 1 heterocycles. The van der Waals surface area contributed by atoms with Crippen molar-refractivity contribution in [3.05, 3.63) is 66.5 Å². The molecule has 2 aromatic carbocycles. The van der Waals surface area contributed by atoms with E-state index in [2.05, 4.69) is 82.0 Å². The minimum absolute atomic E-state index is 0.973. The molecule has 0 fully saturated rings. The zero-order valence-corrected chi connectivity index (χ0v) is 14.3. The number of aryl methyl sites for hydroxylation is 1. The van der Waals surface area contributed by atoms with Gasteiger partial charge in [0.05, 0.1) is 11.4 Å². The lowest BCUT2D eigenvalue weighted by molar-refractivity contribution is 0.670. The fourth-order valence-corrected chi connectivity index (χ4v) is 2.99. The fraction of sp³-hybridized carbons (Fsp3) is 0.211. The molecule has 22 heavy (non-hydrogen) atoms. The molecule has 0 spiro atoms. The second kappa shape index (κ2) is 6.93. The summed E-state index contributed by atoms with van der Waals surface area (Å²) in [5.74, 6) is 1.07. The van der Waals surface area contributed by atoms with Crippen LogP contribution >= 0.6 is 15.9 Å². The predicted octanol–water partition coefficient (Wildman–Crippen LogP) is 5.31. The smallest absolute Gasteiger partial charge is 0.106 e. The van der Waals surface area contributed by atoms with E-state index >= 15 is 0 Å². The highest BCUT2D eigenvalue weighted by Gasteiger charge is 2.17. The first-order chi connectivity index (χ1) is 10.8. The van der Waals surface area contributed by atoms with Gasteiger partial charge in [0.1, 0.15) is 5.82 Å². The molecule has 112 valence electrons. The molecule has 0 unspecified atom stereocenters. The van der Waals surface area contributed by atoms with Gasteiger partial charge in [0.25, 0.3) is 0 Å². The van der Waals surface area contributed by atoms with Crippen LogP contribution in [-0.2, 0) is 6.54 Å². The van der Waals surface area contributed by atoms with Crippen LogP contribution in [-0.4, -0.2) is 14.9 Å². The normalized spacial score (nSPS) is 10.8. The number of nitrogens with zero attached hydrogens (tertiary/aromatic N) is 2. The molecule has 0 bridgehead atoms. The number of aromatic nitrogens is 2. The highest BCUT2D eigenvalue weighted by Crippen LogP contribution is 2.32. The van der Waals surface area contributed by atoms with Gasteiger partial charge in [-0.2, -0.15) is 0 Å². The lowest BCUT2D eigenvalue weighted by Crippen LogP contribution is -2.03. The largest absolute Gasteiger partial charge is 0.328 e. The van der Waals surface area contributed by atoms with Crippen molar-refractivity contribution in [1.29, 1.82) is 0 Å². The van der Waals surface area contributed by atoms with E-state index in [4.69, 9.17) is 4.98 Å². The molecule has 0 saturated carbocycles. The summed E-state index contributed by atoms with van der Waals surface area (Å²) in [4.78, 5) is 4.86. The first-order valence-corrected chi connectivity index (χ1v) is 8.67. The van der Waals surface area contributed by atoms with Crippen LogP contribution in [0.2, 0.25) is 0 Å². The molecule has 0 aliphatic heterocycles. The molecule has 0 radical (unpaired) electrons. The summed E-state index contributed by atoms with van der Waals surface area (Å²) in [6, 6.07) is 21.0. The van der Waals surface area contributed by atoms with E-state index in [1.165, 1.54) is 16.8 Å². The molecule has 0 aliphatic rings. The maximum Gasteiger partial charge on any atom is 0.106 e. The van der Waals surface area contributed by atoms with Crippen LogP contribution in [0.5, 0.6) is 0 Å². The molecule has 0 N–H and O–H groups in total.